The van der Waals surface area contributed by atoms with Crippen molar-refractivity contribution in [1.29, 1.82) is 10.5 Å². The molecule has 1 N–H and O–H groups in total. The van der Waals surface area contributed by atoms with Crippen LogP contribution in [0.4, 0.5) is 0 Å². The van der Waals surface area contributed by atoms with Gasteiger partial charge in [0.25, 0.3) is 0 Å². The molecule has 0 aliphatic heterocycles. The molecule has 0 spiro atoms. The Morgan fingerprint density at radius 3 is 2.22 bits per heavy atom. The number of carbonyl (C=O) groups is 1. The van der Waals surface area contributed by atoms with Gasteiger partial charge in [0.2, 0.25) is 0 Å². The van der Waals surface area contributed by atoms with Crippen LogP contribution in [0, 0.1) is 29.6 Å². The molecule has 1 aromatic heterocycles. The third-order valence-corrected chi connectivity index (χ3v) is 3.87. The maximum absolute atomic E-state index is 12.2. The molecule has 0 aliphatic carbocycles. The Labute approximate surface area is 133 Å². The SMILES string of the molecule is CC(=O)c1c(-c2ccc(C)cc2)[nH]c2cc(C#N)c(C#N)cc12. The van der Waals surface area contributed by atoms with Gasteiger partial charge in [-0.2, -0.15) is 10.5 Å². The Balaban J connectivity index is 2.37. The van der Waals surface area contributed by atoms with Gasteiger partial charge in [-0.25, -0.2) is 0 Å². The summed E-state index contributed by atoms with van der Waals surface area (Å²) in [5.74, 6) is -0.0829. The molecule has 3 aromatic rings. The van der Waals surface area contributed by atoms with Crippen molar-refractivity contribution >= 4 is 16.7 Å². The number of H-pyrrole nitrogens is 1. The van der Waals surface area contributed by atoms with Crippen molar-refractivity contribution in [2.75, 3.05) is 0 Å². The van der Waals surface area contributed by atoms with Gasteiger partial charge in [0.1, 0.15) is 12.1 Å². The van der Waals surface area contributed by atoms with Gasteiger partial charge in [0.05, 0.1) is 22.4 Å². The molecule has 0 saturated carbocycles. The van der Waals surface area contributed by atoms with E-state index in [0.717, 1.165) is 11.1 Å². The molecule has 0 aliphatic rings. The van der Waals surface area contributed by atoms with Gasteiger partial charge in [-0.15, -0.1) is 0 Å². The van der Waals surface area contributed by atoms with E-state index in [1.165, 1.54) is 6.92 Å². The van der Waals surface area contributed by atoms with Crippen LogP contribution in [-0.2, 0) is 0 Å². The summed E-state index contributed by atoms with van der Waals surface area (Å²) in [6.07, 6.45) is 0. The molecule has 110 valence electrons. The van der Waals surface area contributed by atoms with E-state index in [2.05, 4.69) is 4.98 Å². The molecule has 2 aromatic carbocycles. The van der Waals surface area contributed by atoms with Crippen molar-refractivity contribution in [2.45, 2.75) is 13.8 Å². The molecule has 3 rings (SSSR count). The van der Waals surface area contributed by atoms with Crippen LogP contribution in [0.3, 0.4) is 0 Å². The lowest BCUT2D eigenvalue weighted by molar-refractivity contribution is 0.102. The largest absolute Gasteiger partial charge is 0.354 e. The van der Waals surface area contributed by atoms with Gasteiger partial charge >= 0.3 is 0 Å². The summed E-state index contributed by atoms with van der Waals surface area (Å²) in [5.41, 5.74) is 4.54. The average Bonchev–Trinajstić information content (AvgIpc) is 2.92. The van der Waals surface area contributed by atoms with E-state index >= 15 is 0 Å². The summed E-state index contributed by atoms with van der Waals surface area (Å²) in [7, 11) is 0. The van der Waals surface area contributed by atoms with Crippen LogP contribution in [0.25, 0.3) is 22.2 Å². The summed E-state index contributed by atoms with van der Waals surface area (Å²) in [4.78, 5) is 15.4. The van der Waals surface area contributed by atoms with Gasteiger partial charge in [-0.1, -0.05) is 29.8 Å². The van der Waals surface area contributed by atoms with Crippen molar-refractivity contribution in [3.63, 3.8) is 0 Å². The number of aromatic amines is 1. The number of rotatable bonds is 2. The molecule has 23 heavy (non-hydrogen) atoms. The fourth-order valence-corrected chi connectivity index (χ4v) is 2.73. The molecule has 0 fully saturated rings. The van der Waals surface area contributed by atoms with Gasteiger partial charge in [-0.3, -0.25) is 4.79 Å². The second-order valence-corrected chi connectivity index (χ2v) is 5.46. The highest BCUT2D eigenvalue weighted by Crippen LogP contribution is 2.32. The first-order valence-electron chi connectivity index (χ1n) is 7.13. The van der Waals surface area contributed by atoms with Gasteiger partial charge in [-0.05, 0) is 31.5 Å². The minimum Gasteiger partial charge on any atom is -0.354 e. The zero-order valence-corrected chi connectivity index (χ0v) is 12.8. The second-order valence-electron chi connectivity index (χ2n) is 5.46. The minimum atomic E-state index is -0.0829. The average molecular weight is 299 g/mol. The van der Waals surface area contributed by atoms with E-state index in [0.29, 0.717) is 27.7 Å². The smallest absolute Gasteiger partial charge is 0.162 e. The summed E-state index contributed by atoms with van der Waals surface area (Å²) in [5, 5.41) is 19.0. The number of ketones is 1. The van der Waals surface area contributed by atoms with E-state index in [4.69, 9.17) is 5.26 Å². The van der Waals surface area contributed by atoms with E-state index in [-0.39, 0.29) is 11.3 Å². The number of hydrogen-bond acceptors (Lipinski definition) is 3. The van der Waals surface area contributed by atoms with E-state index in [1.54, 1.807) is 12.1 Å². The normalized spacial score (nSPS) is 10.3. The maximum atomic E-state index is 12.2. The van der Waals surface area contributed by atoms with Crippen LogP contribution >= 0.6 is 0 Å². The Morgan fingerprint density at radius 2 is 1.65 bits per heavy atom. The summed E-state index contributed by atoms with van der Waals surface area (Å²) < 4.78 is 0. The first-order valence-corrected chi connectivity index (χ1v) is 7.13. The predicted molar refractivity (Wildman–Crippen MR) is 87.9 cm³/mol. The number of nitrogens with one attached hydrogen (secondary N) is 1. The Bertz CT molecular complexity index is 1010. The zero-order valence-electron chi connectivity index (χ0n) is 12.8. The third kappa shape index (κ3) is 2.37. The highest BCUT2D eigenvalue weighted by atomic mass is 16.1. The quantitative estimate of drug-likeness (QED) is 0.724. The monoisotopic (exact) mass is 299 g/mol. The van der Waals surface area contributed by atoms with E-state index < -0.39 is 0 Å². The summed E-state index contributed by atoms with van der Waals surface area (Å²) in [6, 6.07) is 15.1. The van der Waals surface area contributed by atoms with Crippen LogP contribution < -0.4 is 0 Å². The summed E-state index contributed by atoms with van der Waals surface area (Å²) in [6.45, 7) is 3.50. The molecular weight excluding hydrogens is 286 g/mol. The molecule has 0 amide bonds. The molecule has 4 heteroatoms. The number of aryl methyl sites for hydroxylation is 1. The third-order valence-electron chi connectivity index (χ3n) is 3.87. The summed E-state index contributed by atoms with van der Waals surface area (Å²) >= 11 is 0. The number of carbonyl (C=O) groups excluding carboxylic acids is 1. The maximum Gasteiger partial charge on any atom is 0.162 e. The zero-order chi connectivity index (χ0) is 16.6. The lowest BCUT2D eigenvalue weighted by Gasteiger charge is -2.02. The predicted octanol–water partition coefficient (Wildman–Crippen LogP) is 4.09. The number of aromatic nitrogens is 1. The number of fused-ring (bicyclic) bond motifs is 1. The number of nitriles is 2. The molecule has 0 saturated heterocycles. The lowest BCUT2D eigenvalue weighted by Crippen LogP contribution is -1.94. The number of Topliss-reactive ketones (excluding diaryl/α,β-unsaturated/α-hetero) is 1. The van der Waals surface area contributed by atoms with Crippen molar-refractivity contribution in [2.24, 2.45) is 0 Å². The number of benzene rings is 2. The van der Waals surface area contributed by atoms with Crippen molar-refractivity contribution < 1.29 is 4.79 Å². The first kappa shape index (κ1) is 14.6. The van der Waals surface area contributed by atoms with Crippen molar-refractivity contribution in [3.8, 4) is 23.4 Å². The lowest BCUT2D eigenvalue weighted by atomic mass is 9.99. The van der Waals surface area contributed by atoms with Crippen LogP contribution in [0.5, 0.6) is 0 Å². The molecule has 0 bridgehead atoms. The Kier molecular flexibility index (Phi) is 3.44. The molecular formula is C19H13N3O. The molecule has 0 radical (unpaired) electrons. The number of nitrogens with zero attached hydrogens (tertiary/aromatic N) is 2. The van der Waals surface area contributed by atoms with Crippen LogP contribution in [0.15, 0.2) is 36.4 Å². The fourth-order valence-electron chi connectivity index (χ4n) is 2.73. The van der Waals surface area contributed by atoms with Crippen LogP contribution in [-0.4, -0.2) is 10.8 Å². The van der Waals surface area contributed by atoms with Gasteiger partial charge in [0, 0.05) is 10.9 Å². The number of hydrogen-bond donors (Lipinski definition) is 1. The van der Waals surface area contributed by atoms with Crippen LogP contribution in [0.2, 0.25) is 0 Å². The molecule has 1 heterocycles. The van der Waals surface area contributed by atoms with Gasteiger partial charge < -0.3 is 4.98 Å². The highest BCUT2D eigenvalue weighted by molar-refractivity contribution is 6.12. The molecule has 4 nitrogen and oxygen atoms in total. The first-order chi connectivity index (χ1) is 11.0. The van der Waals surface area contributed by atoms with E-state index in [9.17, 15) is 10.1 Å². The Hall–Kier alpha value is -3.37. The highest BCUT2D eigenvalue weighted by Gasteiger charge is 2.18. The topological polar surface area (TPSA) is 80.4 Å². The standard InChI is InChI=1S/C19H13N3O/c1-11-3-5-13(6-4-11)19-18(12(2)23)16-7-14(9-20)15(10-21)8-17(16)22-19/h3-8,22H,1-2H3. The van der Waals surface area contributed by atoms with Crippen LogP contribution in [0.1, 0.15) is 34.0 Å². The van der Waals surface area contributed by atoms with Gasteiger partial charge in [0.15, 0.2) is 5.78 Å². The Morgan fingerprint density at radius 1 is 1.04 bits per heavy atom. The van der Waals surface area contributed by atoms with Crippen molar-refractivity contribution in [1.82, 2.24) is 4.98 Å². The minimum absolute atomic E-state index is 0.0829. The fraction of sp³-hybridized carbons (Fsp3) is 0.105. The second kappa shape index (κ2) is 5.44. The van der Waals surface area contributed by atoms with Crippen molar-refractivity contribution in [3.05, 3.63) is 58.7 Å². The van der Waals surface area contributed by atoms with E-state index in [1.807, 2.05) is 43.3 Å². The molecule has 0 atom stereocenters. The molecule has 0 unspecified atom stereocenters.